The van der Waals surface area contributed by atoms with Crippen molar-refractivity contribution in [2.45, 2.75) is 36.0 Å². The van der Waals surface area contributed by atoms with Gasteiger partial charge < -0.3 is 45.6 Å². The van der Waals surface area contributed by atoms with E-state index in [4.69, 9.17) is 4.74 Å². The summed E-state index contributed by atoms with van der Waals surface area (Å²) in [4.78, 5) is 40.0. The van der Waals surface area contributed by atoms with Crippen LogP contribution in [0.4, 0.5) is 10.1 Å². The minimum absolute atomic E-state index is 0.0546. The Bertz CT molecular complexity index is 1340. The van der Waals surface area contributed by atoms with E-state index in [0.717, 1.165) is 30.6 Å². The van der Waals surface area contributed by atoms with Crippen molar-refractivity contribution in [3.63, 3.8) is 0 Å². The van der Waals surface area contributed by atoms with E-state index in [1.165, 1.54) is 12.1 Å². The molecule has 41 heavy (non-hydrogen) atoms. The first-order valence-electron chi connectivity index (χ1n) is 13.1. The zero-order chi connectivity index (χ0) is 30.2. The van der Waals surface area contributed by atoms with Gasteiger partial charge >= 0.3 is 0 Å². The topological polar surface area (TPSA) is 172 Å². The van der Waals surface area contributed by atoms with Crippen molar-refractivity contribution in [2.75, 3.05) is 38.7 Å². The number of anilines is 1. The van der Waals surface area contributed by atoms with Crippen LogP contribution in [0.1, 0.15) is 27.0 Å². The lowest BCUT2D eigenvalue weighted by atomic mass is 9.56. The third kappa shape index (κ3) is 5.61. The number of hydrogen-bond donors (Lipinski definition) is 6. The summed E-state index contributed by atoms with van der Waals surface area (Å²) >= 11 is 0. The van der Waals surface area contributed by atoms with E-state index in [1.807, 2.05) is 21.8 Å². The van der Waals surface area contributed by atoms with Crippen molar-refractivity contribution in [1.82, 2.24) is 15.1 Å². The molecule has 1 saturated heterocycles. The van der Waals surface area contributed by atoms with Crippen LogP contribution in [0.2, 0.25) is 0 Å². The highest BCUT2D eigenvalue weighted by atomic mass is 19.1. The number of carbonyl (C=O) groups is 3. The third-order valence-electron chi connectivity index (χ3n) is 7.92. The molecule has 0 aromatic heterocycles. The Balaban J connectivity index is 1.56. The molecule has 0 spiro atoms. The molecule has 2 aliphatic rings. The predicted octanol–water partition coefficient (Wildman–Crippen LogP) is -3.22. The maximum atomic E-state index is 15.2. The Morgan fingerprint density at radius 2 is 1.85 bits per heavy atom. The zero-order valence-corrected chi connectivity index (χ0v) is 23.1. The fraction of sp³-hybridized carbons (Fsp3) is 0.423. The van der Waals surface area contributed by atoms with Crippen molar-refractivity contribution in [3.05, 3.63) is 64.5 Å². The van der Waals surface area contributed by atoms with Crippen molar-refractivity contribution < 1.29 is 43.9 Å². The van der Waals surface area contributed by atoms with Crippen LogP contribution in [0.5, 0.6) is 0 Å². The monoisotopic (exact) mass is 570 g/mol. The SMILES string of the molecule is BC(B)(c1ccc(CNc2cccc3c2CN([C@H](C(=O)NC)C(O)(O)C(O)(O)C=O)C3=O)c(F)c1)N1CCOCC1. The average molecular weight is 570 g/mol. The van der Waals surface area contributed by atoms with Gasteiger partial charge in [0.25, 0.3) is 17.5 Å². The van der Waals surface area contributed by atoms with Crippen molar-refractivity contribution in [3.8, 4) is 0 Å². The van der Waals surface area contributed by atoms with Gasteiger partial charge in [-0.1, -0.05) is 18.2 Å². The Hall–Kier alpha value is -3.33. The number of morpholine rings is 1. The van der Waals surface area contributed by atoms with Crippen LogP contribution >= 0.6 is 0 Å². The quantitative estimate of drug-likeness (QED) is 0.0971. The van der Waals surface area contributed by atoms with Gasteiger partial charge in [-0.25, -0.2) is 4.39 Å². The van der Waals surface area contributed by atoms with Crippen molar-refractivity contribution >= 4 is 39.5 Å². The summed E-state index contributed by atoms with van der Waals surface area (Å²) in [6, 6.07) is 7.45. The smallest absolute Gasteiger partial charge is 0.279 e. The number of benzene rings is 2. The molecule has 2 amide bonds. The number of carbonyl (C=O) groups excluding carboxylic acids is 3. The van der Waals surface area contributed by atoms with Gasteiger partial charge in [0.05, 0.1) is 13.2 Å². The molecule has 6 N–H and O–H groups in total. The summed E-state index contributed by atoms with van der Waals surface area (Å²) in [5.41, 5.74) is 2.07. The van der Waals surface area contributed by atoms with E-state index in [2.05, 4.69) is 15.5 Å². The highest BCUT2D eigenvalue weighted by Gasteiger charge is 2.60. The van der Waals surface area contributed by atoms with Crippen LogP contribution in [0.25, 0.3) is 0 Å². The molecule has 0 bridgehead atoms. The molecular formula is C26H33B2FN4O8. The molecule has 218 valence electrons. The van der Waals surface area contributed by atoms with Crippen LogP contribution < -0.4 is 10.6 Å². The van der Waals surface area contributed by atoms with E-state index in [1.54, 1.807) is 18.2 Å². The Labute approximate surface area is 237 Å². The van der Waals surface area contributed by atoms with Crippen LogP contribution in [0, 0.1) is 5.82 Å². The fourth-order valence-corrected chi connectivity index (χ4v) is 5.26. The van der Waals surface area contributed by atoms with Gasteiger partial charge in [0, 0.05) is 55.6 Å². The number of rotatable bonds is 10. The fourth-order valence-electron chi connectivity index (χ4n) is 5.26. The summed E-state index contributed by atoms with van der Waals surface area (Å²) in [5.74, 6) is -9.89. The van der Waals surface area contributed by atoms with Gasteiger partial charge in [-0.3, -0.25) is 14.4 Å². The van der Waals surface area contributed by atoms with E-state index < -0.39 is 46.9 Å². The molecule has 4 rings (SSSR count). The van der Waals surface area contributed by atoms with Crippen molar-refractivity contribution in [2.24, 2.45) is 0 Å². The number of aldehydes is 1. The molecule has 12 nitrogen and oxygen atoms in total. The summed E-state index contributed by atoms with van der Waals surface area (Å²) in [5, 5.41) is 45.5. The maximum absolute atomic E-state index is 15.2. The van der Waals surface area contributed by atoms with Gasteiger partial charge in [0.15, 0.2) is 12.3 Å². The summed E-state index contributed by atoms with van der Waals surface area (Å²) in [6.07, 6.45) is -0.550. The number of aliphatic hydroxyl groups is 4. The molecular weight excluding hydrogens is 537 g/mol. The average Bonchev–Trinajstić information content (AvgIpc) is 3.28. The lowest BCUT2D eigenvalue weighted by Crippen LogP contribution is -2.70. The van der Waals surface area contributed by atoms with Gasteiger partial charge in [-0.05, 0) is 29.1 Å². The standard InChI is InChI=1S/C26H33B2FN4O8/c1-30-22(35)21(25(39,40)24(37,38)14-34)33-13-18-17(23(33)36)3-2-4-20(18)31-12-15-5-6-16(11-19(15)29)26(27,28)32-7-9-41-10-8-32/h2-6,11,14,21,31,37-40H,7-10,12-13,27-28H2,1H3,(H,30,35)/t21-/m1/s1. The number of nitrogens with one attached hydrogen (secondary N) is 2. The molecule has 2 aromatic carbocycles. The Morgan fingerprint density at radius 1 is 1.17 bits per heavy atom. The van der Waals surface area contributed by atoms with E-state index in [0.29, 0.717) is 30.0 Å². The number of fused-ring (bicyclic) bond motifs is 1. The molecule has 1 atom stereocenters. The minimum atomic E-state index is -3.76. The summed E-state index contributed by atoms with van der Waals surface area (Å²) < 4.78 is 20.7. The van der Waals surface area contributed by atoms with E-state index >= 15 is 4.39 Å². The Kier molecular flexibility index (Phi) is 8.60. The molecule has 0 radical (unpaired) electrons. The molecule has 0 saturated carbocycles. The zero-order valence-electron chi connectivity index (χ0n) is 23.1. The number of likely N-dealkylation sites (N-methyl/N-ethyl adjacent to an activating group) is 1. The number of nitrogens with zero attached hydrogens (tertiary/aromatic N) is 2. The molecule has 0 unspecified atom stereocenters. The van der Waals surface area contributed by atoms with E-state index in [9.17, 15) is 34.8 Å². The second-order valence-electron chi connectivity index (χ2n) is 10.7. The molecule has 2 aromatic rings. The molecule has 1 fully saturated rings. The lowest BCUT2D eigenvalue weighted by molar-refractivity contribution is -0.345. The van der Waals surface area contributed by atoms with Crippen molar-refractivity contribution in [1.29, 1.82) is 0 Å². The van der Waals surface area contributed by atoms with Gasteiger partial charge in [0.1, 0.15) is 21.5 Å². The number of hydrogen-bond acceptors (Lipinski definition) is 10. The second-order valence-corrected chi connectivity index (χ2v) is 10.7. The first-order valence-corrected chi connectivity index (χ1v) is 13.1. The maximum Gasteiger partial charge on any atom is 0.279 e. The highest BCUT2D eigenvalue weighted by Crippen LogP contribution is 2.35. The molecule has 2 aliphatic heterocycles. The summed E-state index contributed by atoms with van der Waals surface area (Å²) in [7, 11) is 5.21. The van der Waals surface area contributed by atoms with Crippen LogP contribution in [0.3, 0.4) is 0 Å². The third-order valence-corrected chi connectivity index (χ3v) is 7.92. The lowest BCUT2D eigenvalue weighted by Gasteiger charge is -2.41. The first-order chi connectivity index (χ1) is 19.3. The van der Waals surface area contributed by atoms with Gasteiger partial charge in [0.2, 0.25) is 5.91 Å². The van der Waals surface area contributed by atoms with Crippen LogP contribution in [-0.4, -0.2) is 115 Å². The van der Waals surface area contributed by atoms with Crippen LogP contribution in [0.15, 0.2) is 36.4 Å². The largest absolute Gasteiger partial charge is 0.381 e. The minimum Gasteiger partial charge on any atom is -0.381 e. The molecule has 2 heterocycles. The van der Waals surface area contributed by atoms with Gasteiger partial charge in [-0.15, -0.1) is 0 Å². The van der Waals surface area contributed by atoms with E-state index in [-0.39, 0.29) is 18.7 Å². The second kappa shape index (κ2) is 11.5. The van der Waals surface area contributed by atoms with Gasteiger partial charge in [-0.2, -0.15) is 0 Å². The normalized spacial score (nSPS) is 17.2. The number of halogens is 1. The Morgan fingerprint density at radius 3 is 2.46 bits per heavy atom. The molecule has 0 aliphatic carbocycles. The number of amides is 2. The molecule has 15 heteroatoms. The summed E-state index contributed by atoms with van der Waals surface area (Å²) in [6.45, 7) is 2.44. The highest BCUT2D eigenvalue weighted by molar-refractivity contribution is 6.39. The first kappa shape index (κ1) is 30.6. The predicted molar refractivity (Wildman–Crippen MR) is 149 cm³/mol. The number of ether oxygens (including phenoxy) is 1. The van der Waals surface area contributed by atoms with Crippen LogP contribution in [-0.2, 0) is 32.8 Å².